The molecule has 1 aromatic carbocycles. The molecule has 4 nitrogen and oxygen atoms in total. The van der Waals surface area contributed by atoms with Gasteiger partial charge in [0.1, 0.15) is 5.75 Å². The second kappa shape index (κ2) is 5.51. The van der Waals surface area contributed by atoms with E-state index < -0.39 is 17.3 Å². The highest BCUT2D eigenvalue weighted by Gasteiger charge is 2.31. The zero-order valence-electron chi connectivity index (χ0n) is 11.1. The normalized spacial score (nSPS) is 11.4. The molecule has 0 spiro atoms. The number of hydrogen-bond donors (Lipinski definition) is 1. The first-order valence-corrected chi connectivity index (χ1v) is 6.01. The van der Waals surface area contributed by atoms with Gasteiger partial charge in [-0.05, 0) is 23.8 Å². The zero-order valence-corrected chi connectivity index (χ0v) is 11.1. The Morgan fingerprint density at radius 3 is 2.52 bits per heavy atom. The van der Waals surface area contributed by atoms with Crippen LogP contribution in [0.4, 0.5) is 18.9 Å². The molecular formula is C14H13F3N2O2. The molecule has 1 aromatic heterocycles. The molecule has 0 bridgehead atoms. The molecule has 2 rings (SSSR count). The van der Waals surface area contributed by atoms with E-state index in [-0.39, 0.29) is 6.54 Å². The Labute approximate surface area is 118 Å². The average molecular weight is 298 g/mol. The van der Waals surface area contributed by atoms with Crippen LogP contribution in [0.25, 0.3) is 0 Å². The maximum absolute atomic E-state index is 12.6. The van der Waals surface area contributed by atoms with Crippen LogP contribution in [0.5, 0.6) is 5.75 Å². The predicted molar refractivity (Wildman–Crippen MR) is 72.2 cm³/mol. The van der Waals surface area contributed by atoms with Crippen molar-refractivity contribution < 1.29 is 17.9 Å². The second-order valence-corrected chi connectivity index (χ2v) is 4.46. The van der Waals surface area contributed by atoms with Crippen LogP contribution in [0.1, 0.15) is 11.1 Å². The summed E-state index contributed by atoms with van der Waals surface area (Å²) in [6, 6.07) is 6.47. The maximum atomic E-state index is 12.6. The van der Waals surface area contributed by atoms with Gasteiger partial charge >= 0.3 is 6.18 Å². The molecule has 1 heterocycles. The van der Waals surface area contributed by atoms with Gasteiger partial charge in [0.25, 0.3) is 5.56 Å². The number of halogens is 3. The van der Waals surface area contributed by atoms with E-state index in [4.69, 9.17) is 10.5 Å². The van der Waals surface area contributed by atoms with Crippen LogP contribution in [0, 0.1) is 0 Å². The van der Waals surface area contributed by atoms with Crippen molar-refractivity contribution in [2.24, 2.45) is 0 Å². The van der Waals surface area contributed by atoms with Crippen LogP contribution in [-0.2, 0) is 12.7 Å². The summed E-state index contributed by atoms with van der Waals surface area (Å²) in [4.78, 5) is 11.7. The third kappa shape index (κ3) is 3.36. The lowest BCUT2D eigenvalue weighted by Crippen LogP contribution is -2.22. The number of ether oxygens (including phenoxy) is 1. The van der Waals surface area contributed by atoms with Crippen molar-refractivity contribution in [3.05, 3.63) is 58.0 Å². The van der Waals surface area contributed by atoms with E-state index in [1.807, 2.05) is 0 Å². The molecule has 2 N–H and O–H groups in total. The van der Waals surface area contributed by atoms with Crippen molar-refractivity contribution in [1.29, 1.82) is 0 Å². The third-order valence-electron chi connectivity index (χ3n) is 2.96. The molecule has 0 amide bonds. The lowest BCUT2D eigenvalue weighted by molar-refractivity contribution is -0.138. The van der Waals surface area contributed by atoms with Crippen LogP contribution in [0.3, 0.4) is 0 Å². The number of hydrogen-bond acceptors (Lipinski definition) is 3. The number of nitrogen functional groups attached to an aromatic ring is 1. The Morgan fingerprint density at radius 2 is 1.95 bits per heavy atom. The van der Waals surface area contributed by atoms with Gasteiger partial charge in [-0.25, -0.2) is 0 Å². The van der Waals surface area contributed by atoms with Crippen LogP contribution in [0.15, 0.2) is 41.3 Å². The monoisotopic (exact) mass is 298 g/mol. The topological polar surface area (TPSA) is 57.2 Å². The molecule has 2 aromatic rings. The number of anilines is 1. The molecule has 0 unspecified atom stereocenters. The third-order valence-corrected chi connectivity index (χ3v) is 2.96. The standard InChI is InChI=1S/C14H13F3N2O2/c1-21-12-4-2-9(6-11(12)18)7-19-8-10(14(15,16)17)3-5-13(19)20/h2-6,8H,7,18H2,1H3. The molecule has 0 radical (unpaired) electrons. The van der Waals surface area contributed by atoms with Crippen molar-refractivity contribution >= 4 is 5.69 Å². The lowest BCUT2D eigenvalue weighted by atomic mass is 10.2. The number of aromatic nitrogens is 1. The first-order valence-electron chi connectivity index (χ1n) is 6.01. The molecule has 0 aliphatic rings. The average Bonchev–Trinajstić information content (AvgIpc) is 2.40. The number of pyridine rings is 1. The van der Waals surface area contributed by atoms with Crippen molar-refractivity contribution in [2.75, 3.05) is 12.8 Å². The quantitative estimate of drug-likeness (QED) is 0.886. The molecule has 0 saturated carbocycles. The van der Waals surface area contributed by atoms with E-state index in [1.165, 1.54) is 7.11 Å². The summed E-state index contributed by atoms with van der Waals surface area (Å²) in [5.41, 5.74) is 5.31. The number of benzene rings is 1. The van der Waals surface area contributed by atoms with E-state index in [1.54, 1.807) is 18.2 Å². The van der Waals surface area contributed by atoms with E-state index in [2.05, 4.69) is 0 Å². The number of alkyl halides is 3. The number of methoxy groups -OCH3 is 1. The summed E-state index contributed by atoms with van der Waals surface area (Å²) in [7, 11) is 1.46. The van der Waals surface area contributed by atoms with Gasteiger partial charge in [0.2, 0.25) is 0 Å². The van der Waals surface area contributed by atoms with Crippen LogP contribution in [0.2, 0.25) is 0 Å². The van der Waals surface area contributed by atoms with Crippen molar-refractivity contribution in [3.63, 3.8) is 0 Å². The fourth-order valence-electron chi connectivity index (χ4n) is 1.90. The van der Waals surface area contributed by atoms with Gasteiger partial charge in [0.15, 0.2) is 0 Å². The minimum atomic E-state index is -4.49. The number of rotatable bonds is 3. The van der Waals surface area contributed by atoms with Crippen molar-refractivity contribution in [2.45, 2.75) is 12.7 Å². The Bertz CT molecular complexity index is 708. The van der Waals surface area contributed by atoms with E-state index in [0.717, 1.165) is 22.9 Å². The molecule has 0 aliphatic carbocycles. The zero-order chi connectivity index (χ0) is 15.6. The Hall–Kier alpha value is -2.44. The highest BCUT2D eigenvalue weighted by molar-refractivity contribution is 5.54. The molecule has 112 valence electrons. The molecule has 0 fully saturated rings. The summed E-state index contributed by atoms with van der Waals surface area (Å²) in [5, 5.41) is 0. The minimum Gasteiger partial charge on any atom is -0.495 e. The van der Waals surface area contributed by atoms with Gasteiger partial charge in [0.05, 0.1) is 24.9 Å². The van der Waals surface area contributed by atoms with E-state index in [0.29, 0.717) is 17.0 Å². The van der Waals surface area contributed by atoms with Gasteiger partial charge in [-0.15, -0.1) is 0 Å². The first-order chi connectivity index (χ1) is 9.81. The Kier molecular flexibility index (Phi) is 3.93. The second-order valence-electron chi connectivity index (χ2n) is 4.46. The van der Waals surface area contributed by atoms with Crippen LogP contribution in [-0.4, -0.2) is 11.7 Å². The number of nitrogens with zero attached hydrogens (tertiary/aromatic N) is 1. The summed E-state index contributed by atoms with van der Waals surface area (Å²) in [6.45, 7) is -0.00303. The largest absolute Gasteiger partial charge is 0.495 e. The fourth-order valence-corrected chi connectivity index (χ4v) is 1.90. The highest BCUT2D eigenvalue weighted by atomic mass is 19.4. The van der Waals surface area contributed by atoms with E-state index in [9.17, 15) is 18.0 Å². The molecule has 21 heavy (non-hydrogen) atoms. The van der Waals surface area contributed by atoms with Gasteiger partial charge < -0.3 is 15.0 Å². The molecular weight excluding hydrogens is 285 g/mol. The number of nitrogens with two attached hydrogens (primary N) is 1. The summed E-state index contributed by atoms with van der Waals surface area (Å²) < 4.78 is 43.9. The Morgan fingerprint density at radius 1 is 1.24 bits per heavy atom. The van der Waals surface area contributed by atoms with Crippen LogP contribution >= 0.6 is 0 Å². The summed E-state index contributed by atoms with van der Waals surface area (Å²) in [6.07, 6.45) is -3.70. The first kappa shape index (κ1) is 15.0. The fraction of sp³-hybridized carbons (Fsp3) is 0.214. The van der Waals surface area contributed by atoms with Gasteiger partial charge in [-0.1, -0.05) is 6.07 Å². The highest BCUT2D eigenvalue weighted by Crippen LogP contribution is 2.28. The summed E-state index contributed by atoms with van der Waals surface area (Å²) >= 11 is 0. The molecule has 0 saturated heterocycles. The Balaban J connectivity index is 2.35. The van der Waals surface area contributed by atoms with Crippen molar-refractivity contribution in [1.82, 2.24) is 4.57 Å². The smallest absolute Gasteiger partial charge is 0.417 e. The minimum absolute atomic E-state index is 0.00303. The van der Waals surface area contributed by atoms with Gasteiger partial charge in [-0.2, -0.15) is 13.2 Å². The van der Waals surface area contributed by atoms with E-state index >= 15 is 0 Å². The van der Waals surface area contributed by atoms with Crippen LogP contribution < -0.4 is 16.0 Å². The predicted octanol–water partition coefficient (Wildman–Crippen LogP) is 2.51. The maximum Gasteiger partial charge on any atom is 0.417 e. The molecule has 0 atom stereocenters. The lowest BCUT2D eigenvalue weighted by Gasteiger charge is -2.12. The van der Waals surface area contributed by atoms with Gasteiger partial charge in [-0.3, -0.25) is 4.79 Å². The summed E-state index contributed by atoms with van der Waals surface area (Å²) in [5.74, 6) is 0.468. The molecule has 7 heteroatoms. The van der Waals surface area contributed by atoms with Gasteiger partial charge in [0, 0.05) is 12.3 Å². The SMILES string of the molecule is COc1ccc(Cn2cc(C(F)(F)F)ccc2=O)cc1N. The molecule has 0 aliphatic heterocycles. The van der Waals surface area contributed by atoms with Crippen molar-refractivity contribution in [3.8, 4) is 5.75 Å².